The molecule has 25 heavy (non-hydrogen) atoms. The maximum atomic E-state index is 12.7. The van der Waals surface area contributed by atoms with E-state index in [1.165, 1.54) is 38.5 Å². The predicted octanol–water partition coefficient (Wildman–Crippen LogP) is 4.94. The normalized spacial score (nSPS) is 35.2. The molecular formula is C21H28BrNO2. The maximum Gasteiger partial charge on any atom is 0.261 e. The highest BCUT2D eigenvalue weighted by Crippen LogP contribution is 2.61. The fourth-order valence-corrected chi connectivity index (χ4v) is 6.23. The third-order valence-corrected chi connectivity index (χ3v) is 7.39. The highest BCUT2D eigenvalue weighted by Gasteiger charge is 2.53. The summed E-state index contributed by atoms with van der Waals surface area (Å²) >= 11 is 3.42. The zero-order valence-electron chi connectivity index (χ0n) is 15.1. The summed E-state index contributed by atoms with van der Waals surface area (Å²) in [7, 11) is 0. The van der Waals surface area contributed by atoms with Crippen molar-refractivity contribution in [2.24, 2.45) is 23.2 Å². The van der Waals surface area contributed by atoms with Gasteiger partial charge < -0.3 is 10.1 Å². The first-order valence-electron chi connectivity index (χ1n) is 9.66. The second-order valence-corrected chi connectivity index (χ2v) is 9.64. The SMILES string of the molecule is C[C@H](Oc1ccc(Br)cc1)C(=O)N[C@@H](C)C12CC3CC(CC(C3)C1)C2. The molecular weight excluding hydrogens is 378 g/mol. The van der Waals surface area contributed by atoms with Crippen LogP contribution in [0.2, 0.25) is 0 Å². The second kappa shape index (κ2) is 6.61. The summed E-state index contributed by atoms with van der Waals surface area (Å²) in [6.07, 6.45) is 7.75. The van der Waals surface area contributed by atoms with E-state index in [2.05, 4.69) is 28.2 Å². The molecule has 1 N–H and O–H groups in total. The summed E-state index contributed by atoms with van der Waals surface area (Å²) in [4.78, 5) is 12.7. The first kappa shape index (κ1) is 17.4. The Balaban J connectivity index is 1.38. The van der Waals surface area contributed by atoms with Crippen LogP contribution in [0.5, 0.6) is 5.75 Å². The van der Waals surface area contributed by atoms with Crippen LogP contribution in [0.25, 0.3) is 0 Å². The van der Waals surface area contributed by atoms with Crippen molar-refractivity contribution in [1.82, 2.24) is 5.32 Å². The molecule has 0 unspecified atom stereocenters. The van der Waals surface area contributed by atoms with Crippen molar-refractivity contribution in [3.63, 3.8) is 0 Å². The van der Waals surface area contributed by atoms with Gasteiger partial charge in [-0.2, -0.15) is 0 Å². The Hall–Kier alpha value is -1.03. The monoisotopic (exact) mass is 405 g/mol. The van der Waals surface area contributed by atoms with Gasteiger partial charge in [0.15, 0.2) is 6.10 Å². The van der Waals surface area contributed by atoms with Gasteiger partial charge in [0.1, 0.15) is 5.75 Å². The molecule has 136 valence electrons. The van der Waals surface area contributed by atoms with Gasteiger partial charge in [0.2, 0.25) is 0 Å². The van der Waals surface area contributed by atoms with Crippen LogP contribution < -0.4 is 10.1 Å². The third-order valence-electron chi connectivity index (χ3n) is 6.86. The molecule has 0 spiro atoms. The number of ether oxygens (including phenoxy) is 1. The van der Waals surface area contributed by atoms with Crippen molar-refractivity contribution in [3.05, 3.63) is 28.7 Å². The zero-order valence-corrected chi connectivity index (χ0v) is 16.7. The molecule has 4 bridgehead atoms. The number of halogens is 1. The molecule has 3 nitrogen and oxygen atoms in total. The quantitative estimate of drug-likeness (QED) is 0.753. The average Bonchev–Trinajstić information content (AvgIpc) is 2.55. The van der Waals surface area contributed by atoms with Crippen LogP contribution >= 0.6 is 15.9 Å². The number of hydrogen-bond donors (Lipinski definition) is 1. The highest BCUT2D eigenvalue weighted by atomic mass is 79.9. The van der Waals surface area contributed by atoms with Gasteiger partial charge in [-0.15, -0.1) is 0 Å². The lowest BCUT2D eigenvalue weighted by Gasteiger charge is -2.59. The summed E-state index contributed by atoms with van der Waals surface area (Å²) in [6, 6.07) is 7.87. The standard InChI is InChI=1S/C21H28BrNO2/c1-13(25-19-5-3-18(22)4-6-19)20(24)23-14(2)21-10-15-7-16(11-21)9-17(8-15)12-21/h3-6,13-17H,7-12H2,1-2H3,(H,23,24)/t13-,14-,15?,16?,17?,21?/m0/s1. The molecule has 4 saturated carbocycles. The van der Waals surface area contributed by atoms with Crippen molar-refractivity contribution in [1.29, 1.82) is 0 Å². The topological polar surface area (TPSA) is 38.3 Å². The van der Waals surface area contributed by atoms with Gasteiger partial charge in [0, 0.05) is 10.5 Å². The molecule has 4 aliphatic rings. The van der Waals surface area contributed by atoms with Crippen molar-refractivity contribution in [3.8, 4) is 5.75 Å². The third kappa shape index (κ3) is 3.47. The van der Waals surface area contributed by atoms with Gasteiger partial charge in [-0.1, -0.05) is 15.9 Å². The van der Waals surface area contributed by atoms with Crippen LogP contribution in [0.4, 0.5) is 0 Å². The Bertz CT molecular complexity index is 607. The molecule has 1 amide bonds. The largest absolute Gasteiger partial charge is 0.481 e. The summed E-state index contributed by atoms with van der Waals surface area (Å²) < 4.78 is 6.82. The number of carbonyl (C=O) groups excluding carboxylic acids is 1. The molecule has 0 aliphatic heterocycles. The minimum absolute atomic E-state index is 0.00571. The lowest BCUT2D eigenvalue weighted by molar-refractivity contribution is -0.131. The second-order valence-electron chi connectivity index (χ2n) is 8.72. The summed E-state index contributed by atoms with van der Waals surface area (Å²) in [6.45, 7) is 4.06. The number of rotatable bonds is 5. The molecule has 0 heterocycles. The van der Waals surface area contributed by atoms with Crippen LogP contribution in [0.1, 0.15) is 52.4 Å². The zero-order chi connectivity index (χ0) is 17.6. The van der Waals surface area contributed by atoms with E-state index in [-0.39, 0.29) is 11.9 Å². The Morgan fingerprint density at radius 1 is 1.08 bits per heavy atom. The first-order chi connectivity index (χ1) is 11.9. The van der Waals surface area contributed by atoms with Crippen LogP contribution in [-0.2, 0) is 4.79 Å². The molecule has 2 atom stereocenters. The Morgan fingerprint density at radius 2 is 1.60 bits per heavy atom. The van der Waals surface area contributed by atoms with Crippen LogP contribution in [-0.4, -0.2) is 18.1 Å². The Kier molecular flexibility index (Phi) is 4.59. The van der Waals surface area contributed by atoms with Gasteiger partial charge >= 0.3 is 0 Å². The average molecular weight is 406 g/mol. The fraction of sp³-hybridized carbons (Fsp3) is 0.667. The number of benzene rings is 1. The van der Waals surface area contributed by atoms with Gasteiger partial charge in [-0.3, -0.25) is 4.79 Å². The van der Waals surface area contributed by atoms with Crippen molar-refractivity contribution < 1.29 is 9.53 Å². The van der Waals surface area contributed by atoms with Crippen LogP contribution in [0.3, 0.4) is 0 Å². The Morgan fingerprint density at radius 3 is 2.12 bits per heavy atom. The maximum absolute atomic E-state index is 12.7. The lowest BCUT2D eigenvalue weighted by atomic mass is 9.48. The Labute approximate surface area is 159 Å². The van der Waals surface area contributed by atoms with E-state index < -0.39 is 6.10 Å². The van der Waals surface area contributed by atoms with Crippen LogP contribution in [0.15, 0.2) is 28.7 Å². The van der Waals surface area contributed by atoms with Crippen molar-refractivity contribution >= 4 is 21.8 Å². The number of carbonyl (C=O) groups is 1. The van der Waals surface area contributed by atoms with E-state index in [0.29, 0.717) is 5.41 Å². The first-order valence-corrected chi connectivity index (χ1v) is 10.5. The minimum atomic E-state index is -0.475. The van der Waals surface area contributed by atoms with E-state index in [1.807, 2.05) is 31.2 Å². The molecule has 1 aromatic rings. The van der Waals surface area contributed by atoms with Crippen molar-refractivity contribution in [2.75, 3.05) is 0 Å². The van der Waals surface area contributed by atoms with E-state index in [9.17, 15) is 4.79 Å². The summed E-state index contributed by atoms with van der Waals surface area (Å²) in [5.74, 6) is 3.45. The van der Waals surface area contributed by atoms with E-state index in [4.69, 9.17) is 4.74 Å². The van der Waals surface area contributed by atoms with Gasteiger partial charge in [-0.05, 0) is 99.8 Å². The summed E-state index contributed by atoms with van der Waals surface area (Å²) in [5, 5.41) is 3.30. The smallest absolute Gasteiger partial charge is 0.261 e. The highest BCUT2D eigenvalue weighted by molar-refractivity contribution is 9.10. The minimum Gasteiger partial charge on any atom is -0.481 e. The number of hydrogen-bond acceptors (Lipinski definition) is 2. The molecule has 1 aromatic carbocycles. The van der Waals surface area contributed by atoms with E-state index >= 15 is 0 Å². The number of amides is 1. The lowest BCUT2D eigenvalue weighted by Crippen LogP contribution is -2.57. The molecule has 4 aliphatic carbocycles. The fourth-order valence-electron chi connectivity index (χ4n) is 5.96. The van der Waals surface area contributed by atoms with Gasteiger partial charge in [0.05, 0.1) is 0 Å². The molecule has 0 radical (unpaired) electrons. The van der Waals surface area contributed by atoms with E-state index in [1.54, 1.807) is 0 Å². The molecule has 0 aromatic heterocycles. The van der Waals surface area contributed by atoms with E-state index in [0.717, 1.165) is 28.0 Å². The predicted molar refractivity (Wildman–Crippen MR) is 102 cm³/mol. The van der Waals surface area contributed by atoms with Crippen molar-refractivity contribution in [2.45, 2.75) is 64.5 Å². The van der Waals surface area contributed by atoms with Crippen LogP contribution in [0, 0.1) is 23.2 Å². The van der Waals surface area contributed by atoms with Gasteiger partial charge in [0.25, 0.3) is 5.91 Å². The van der Waals surface area contributed by atoms with Gasteiger partial charge in [-0.25, -0.2) is 0 Å². The molecule has 0 saturated heterocycles. The number of nitrogens with one attached hydrogen (secondary N) is 1. The molecule has 5 rings (SSSR count). The molecule has 4 heteroatoms. The molecule has 4 fully saturated rings. The summed E-state index contributed by atoms with van der Waals surface area (Å²) in [5.41, 5.74) is 0.335.